The Morgan fingerprint density at radius 3 is 1.93 bits per heavy atom. The first kappa shape index (κ1) is 30.8. The average Bonchev–Trinajstić information content (AvgIpc) is 3.07. The Bertz CT molecular complexity index is 1880. The number of benzene rings is 4. The number of hydrogen-bond acceptors (Lipinski definition) is 9. The lowest BCUT2D eigenvalue weighted by Crippen LogP contribution is -2.27. The number of nitrogens with zero attached hydrogens (tertiary/aromatic N) is 1. The molecule has 1 aromatic heterocycles. The van der Waals surface area contributed by atoms with Crippen LogP contribution in [0, 0.1) is 0 Å². The van der Waals surface area contributed by atoms with Crippen molar-refractivity contribution in [2.45, 2.75) is 6.42 Å². The van der Waals surface area contributed by atoms with Gasteiger partial charge < -0.3 is 34.2 Å². The molecule has 10 heteroatoms. The molecule has 0 aliphatic heterocycles. The van der Waals surface area contributed by atoms with Gasteiger partial charge in [0.25, 0.3) is 5.56 Å². The van der Waals surface area contributed by atoms with Crippen molar-refractivity contribution in [2.24, 2.45) is 0 Å². The highest BCUT2D eigenvalue weighted by molar-refractivity contribution is 6.08. The van der Waals surface area contributed by atoms with Crippen molar-refractivity contribution < 1.29 is 33.2 Å². The summed E-state index contributed by atoms with van der Waals surface area (Å²) in [7, 11) is 7.27. The number of ether oxygens (including phenoxy) is 6. The van der Waals surface area contributed by atoms with E-state index in [0.717, 1.165) is 5.56 Å². The van der Waals surface area contributed by atoms with Gasteiger partial charge in [0.2, 0.25) is 5.75 Å². The van der Waals surface area contributed by atoms with Crippen molar-refractivity contribution in [3.05, 3.63) is 100 Å². The maximum absolute atomic E-state index is 14.4. The normalized spacial score (nSPS) is 10.8. The predicted octanol–water partition coefficient (Wildman–Crippen LogP) is 5.68. The highest BCUT2D eigenvalue weighted by Gasteiger charge is 2.28. The Morgan fingerprint density at radius 2 is 1.36 bits per heavy atom. The summed E-state index contributed by atoms with van der Waals surface area (Å²) in [6.07, 6.45) is 0.648. The van der Waals surface area contributed by atoms with E-state index in [2.05, 4.69) is 0 Å². The van der Waals surface area contributed by atoms with Gasteiger partial charge in [-0.25, -0.2) is 4.79 Å². The van der Waals surface area contributed by atoms with Crippen molar-refractivity contribution in [3.8, 4) is 45.6 Å². The third-order valence-corrected chi connectivity index (χ3v) is 7.44. The van der Waals surface area contributed by atoms with Crippen LogP contribution in [0.1, 0.15) is 16.1 Å². The molecule has 0 bridgehead atoms. The summed E-state index contributed by atoms with van der Waals surface area (Å²) in [6.45, 7) is 0.345. The Hall–Kier alpha value is -5.64. The molecule has 0 amide bonds. The molecule has 5 rings (SSSR count). The molecule has 1 heterocycles. The van der Waals surface area contributed by atoms with Crippen LogP contribution in [0.2, 0.25) is 0 Å². The number of hydrogen-bond donors (Lipinski definition) is 1. The molecule has 0 spiro atoms. The molecule has 45 heavy (non-hydrogen) atoms. The maximum Gasteiger partial charge on any atom is 0.355 e. The van der Waals surface area contributed by atoms with Gasteiger partial charge in [0.05, 0.1) is 47.5 Å². The van der Waals surface area contributed by atoms with Gasteiger partial charge in [-0.1, -0.05) is 30.3 Å². The standard InChI is InChI=1S/C35H34N2O8/c1-40-27-19-25-26(20-28(27)45-16-15-21-9-7-6-8-10-21)34(38)37(24-13-11-23(36)12-14-24)32(35(39)44-5)31(25)22-17-29(41-2)33(43-4)30(18-22)42-3/h6-14,17-20H,15-16,36H2,1-5H3. The number of rotatable bonds is 11. The number of nitrogens with two attached hydrogens (primary N) is 1. The summed E-state index contributed by atoms with van der Waals surface area (Å²) >= 11 is 0. The Kier molecular flexibility index (Phi) is 9.13. The molecule has 4 aromatic carbocycles. The number of methoxy groups -OCH3 is 5. The molecule has 0 unspecified atom stereocenters. The van der Waals surface area contributed by atoms with Gasteiger partial charge in [0.15, 0.2) is 23.0 Å². The lowest BCUT2D eigenvalue weighted by Gasteiger charge is -2.21. The minimum absolute atomic E-state index is 0.0196. The van der Waals surface area contributed by atoms with Gasteiger partial charge in [0.1, 0.15) is 5.69 Å². The van der Waals surface area contributed by atoms with Gasteiger partial charge in [-0.2, -0.15) is 0 Å². The summed E-state index contributed by atoms with van der Waals surface area (Å²) in [4.78, 5) is 28.0. The van der Waals surface area contributed by atoms with E-state index < -0.39 is 11.5 Å². The second-order valence-electron chi connectivity index (χ2n) is 9.99. The van der Waals surface area contributed by atoms with Gasteiger partial charge in [-0.3, -0.25) is 9.36 Å². The lowest BCUT2D eigenvalue weighted by atomic mass is 9.95. The molecule has 5 aromatic rings. The molecule has 0 aliphatic carbocycles. The number of fused-ring (bicyclic) bond motifs is 1. The number of carbonyl (C=O) groups excluding carboxylic acids is 1. The van der Waals surface area contributed by atoms with E-state index in [4.69, 9.17) is 34.2 Å². The van der Waals surface area contributed by atoms with E-state index >= 15 is 0 Å². The van der Waals surface area contributed by atoms with Gasteiger partial charge in [0, 0.05) is 28.7 Å². The number of anilines is 1. The Balaban J connectivity index is 1.85. The molecule has 10 nitrogen and oxygen atoms in total. The van der Waals surface area contributed by atoms with Crippen LogP contribution in [0.5, 0.6) is 28.7 Å². The van der Waals surface area contributed by atoms with E-state index in [9.17, 15) is 9.59 Å². The summed E-state index contributed by atoms with van der Waals surface area (Å²) in [5.41, 5.74) is 8.36. The van der Waals surface area contributed by atoms with Gasteiger partial charge in [-0.05, 0) is 59.7 Å². The highest BCUT2D eigenvalue weighted by Crippen LogP contribution is 2.45. The molecule has 0 saturated carbocycles. The maximum atomic E-state index is 14.4. The van der Waals surface area contributed by atoms with Crippen molar-refractivity contribution in [3.63, 3.8) is 0 Å². The topological polar surface area (TPSA) is 120 Å². The van der Waals surface area contributed by atoms with E-state index in [0.29, 0.717) is 69.7 Å². The number of esters is 1. The summed E-state index contributed by atoms with van der Waals surface area (Å²) < 4.78 is 35.3. The number of nitrogen functional groups attached to an aromatic ring is 1. The molecule has 232 valence electrons. The van der Waals surface area contributed by atoms with Crippen LogP contribution in [0.3, 0.4) is 0 Å². The monoisotopic (exact) mass is 610 g/mol. The Labute approximate surface area is 260 Å². The first-order chi connectivity index (χ1) is 21.8. The SMILES string of the molecule is COC(=O)c1c(-c2cc(OC)c(OC)c(OC)c2)c2cc(OC)c(OCCc3ccccc3)cc2c(=O)n1-c1ccc(N)cc1. The zero-order chi connectivity index (χ0) is 32.1. The van der Waals surface area contributed by atoms with Crippen molar-refractivity contribution in [1.82, 2.24) is 4.57 Å². The summed E-state index contributed by atoms with van der Waals surface area (Å²) in [6, 6.07) is 23.3. The molecule has 0 radical (unpaired) electrons. The van der Waals surface area contributed by atoms with E-state index in [1.54, 1.807) is 48.5 Å². The molecule has 0 saturated heterocycles. The van der Waals surface area contributed by atoms with Crippen LogP contribution in [-0.4, -0.2) is 52.7 Å². The smallest absolute Gasteiger partial charge is 0.355 e. The van der Waals surface area contributed by atoms with Crippen LogP contribution in [0.25, 0.3) is 27.6 Å². The second-order valence-corrected chi connectivity index (χ2v) is 9.99. The fourth-order valence-electron chi connectivity index (χ4n) is 5.28. The van der Waals surface area contributed by atoms with E-state index in [1.807, 2.05) is 30.3 Å². The predicted molar refractivity (Wildman–Crippen MR) is 173 cm³/mol. The average molecular weight is 611 g/mol. The van der Waals surface area contributed by atoms with Crippen molar-refractivity contribution in [2.75, 3.05) is 47.9 Å². The van der Waals surface area contributed by atoms with Crippen LogP contribution in [0.15, 0.2) is 83.7 Å². The molecule has 0 atom stereocenters. The van der Waals surface area contributed by atoms with Crippen molar-refractivity contribution >= 4 is 22.4 Å². The quantitative estimate of drug-likeness (QED) is 0.149. The number of aromatic nitrogens is 1. The lowest BCUT2D eigenvalue weighted by molar-refractivity contribution is 0.0591. The molecule has 0 fully saturated rings. The van der Waals surface area contributed by atoms with E-state index in [-0.39, 0.29) is 11.1 Å². The number of carbonyl (C=O) groups is 1. The van der Waals surface area contributed by atoms with Crippen molar-refractivity contribution in [1.29, 1.82) is 0 Å². The first-order valence-corrected chi connectivity index (χ1v) is 14.1. The van der Waals surface area contributed by atoms with Gasteiger partial charge in [-0.15, -0.1) is 0 Å². The van der Waals surface area contributed by atoms with E-state index in [1.165, 1.54) is 40.1 Å². The zero-order valence-electron chi connectivity index (χ0n) is 25.7. The first-order valence-electron chi connectivity index (χ1n) is 14.1. The minimum Gasteiger partial charge on any atom is -0.493 e. The molecule has 2 N–H and O–H groups in total. The van der Waals surface area contributed by atoms with Crippen LogP contribution < -0.4 is 35.0 Å². The molecular weight excluding hydrogens is 576 g/mol. The zero-order valence-corrected chi connectivity index (χ0v) is 25.7. The van der Waals surface area contributed by atoms with Crippen LogP contribution in [-0.2, 0) is 11.2 Å². The van der Waals surface area contributed by atoms with Crippen LogP contribution >= 0.6 is 0 Å². The fourth-order valence-corrected chi connectivity index (χ4v) is 5.28. The van der Waals surface area contributed by atoms with Crippen LogP contribution in [0.4, 0.5) is 5.69 Å². The Morgan fingerprint density at radius 1 is 0.733 bits per heavy atom. The molecular formula is C35H34N2O8. The summed E-state index contributed by atoms with van der Waals surface area (Å²) in [5.74, 6) is 1.10. The fraction of sp³-hybridized carbons (Fsp3) is 0.200. The minimum atomic E-state index is -0.739. The van der Waals surface area contributed by atoms with Gasteiger partial charge >= 0.3 is 5.97 Å². The highest BCUT2D eigenvalue weighted by atomic mass is 16.5. The second kappa shape index (κ2) is 13.3. The number of pyridine rings is 1. The summed E-state index contributed by atoms with van der Waals surface area (Å²) in [5, 5.41) is 0.701. The largest absolute Gasteiger partial charge is 0.493 e. The third-order valence-electron chi connectivity index (χ3n) is 7.44. The molecule has 0 aliphatic rings. The third kappa shape index (κ3) is 5.95.